The Hall–Kier alpha value is -4.97. The topological polar surface area (TPSA) is 146 Å². The highest BCUT2D eigenvalue weighted by Gasteiger charge is 2.35. The minimum absolute atomic E-state index is 0.153. The summed E-state index contributed by atoms with van der Waals surface area (Å²) in [6, 6.07) is 19.3. The molecule has 3 aliphatic rings. The van der Waals surface area contributed by atoms with Crippen LogP contribution in [-0.4, -0.2) is 86.6 Å². The number of nitrogens with two attached hydrogens (primary N) is 1. The van der Waals surface area contributed by atoms with E-state index in [1.165, 1.54) is 37.1 Å². The lowest BCUT2D eigenvalue weighted by Gasteiger charge is -2.48. The molecule has 1 saturated carbocycles. The Morgan fingerprint density at radius 2 is 1.64 bits per heavy atom. The van der Waals surface area contributed by atoms with E-state index >= 15 is 0 Å². The van der Waals surface area contributed by atoms with Gasteiger partial charge in [0.2, 0.25) is 12.3 Å². The number of aromatic nitrogens is 4. The van der Waals surface area contributed by atoms with Gasteiger partial charge in [-0.25, -0.2) is 0 Å². The van der Waals surface area contributed by atoms with E-state index in [2.05, 4.69) is 72.3 Å². The molecular formula is C38H47N9O3. The summed E-state index contributed by atoms with van der Waals surface area (Å²) in [5, 5.41) is 25.7. The predicted molar refractivity (Wildman–Crippen MR) is 195 cm³/mol. The maximum Gasteiger partial charge on any atom is 0.226 e. The molecule has 2 aromatic carbocycles. The van der Waals surface area contributed by atoms with Crippen LogP contribution in [0.15, 0.2) is 67.0 Å². The molecule has 12 nitrogen and oxygen atoms in total. The van der Waals surface area contributed by atoms with Gasteiger partial charge in [0.05, 0.1) is 29.3 Å². The predicted octanol–water partition coefficient (Wildman–Crippen LogP) is 5.01. The van der Waals surface area contributed by atoms with Gasteiger partial charge in [-0.05, 0) is 82.2 Å². The average molecular weight is 678 g/mol. The molecule has 0 spiro atoms. The zero-order valence-corrected chi connectivity index (χ0v) is 28.7. The number of aromatic hydroxyl groups is 1. The molecule has 2 aromatic heterocycles. The number of carbonyl (C=O) groups excluding carboxylic acids is 2. The van der Waals surface area contributed by atoms with Crippen molar-refractivity contribution in [1.29, 1.82) is 0 Å². The molecule has 1 aliphatic carbocycles. The largest absolute Gasteiger partial charge is 0.507 e. The van der Waals surface area contributed by atoms with Gasteiger partial charge >= 0.3 is 0 Å². The molecule has 4 N–H and O–H groups in total. The molecule has 262 valence electrons. The number of anilines is 3. The number of hydrogen-bond donors (Lipinski definition) is 3. The van der Waals surface area contributed by atoms with E-state index in [0.29, 0.717) is 54.5 Å². The van der Waals surface area contributed by atoms with Crippen molar-refractivity contribution < 1.29 is 14.7 Å². The summed E-state index contributed by atoms with van der Waals surface area (Å²) in [6.45, 7) is 6.21. The summed E-state index contributed by atoms with van der Waals surface area (Å²) in [4.78, 5) is 30.3. The van der Waals surface area contributed by atoms with Crippen molar-refractivity contribution >= 4 is 29.5 Å². The third kappa shape index (κ3) is 7.02. The number of nitrogens with zero attached hydrogens (tertiary/aromatic N) is 7. The number of nitrogen functional groups attached to an aromatic ring is 1. The van der Waals surface area contributed by atoms with Gasteiger partial charge in [0.25, 0.3) is 0 Å². The van der Waals surface area contributed by atoms with Gasteiger partial charge in [0.15, 0.2) is 5.82 Å². The number of fused-ring (bicyclic) bond motifs is 1. The fourth-order valence-electron chi connectivity index (χ4n) is 8.26. The number of nitrogens with one attached hydrogen (secondary N) is 1. The van der Waals surface area contributed by atoms with Gasteiger partial charge in [-0.3, -0.25) is 19.6 Å². The van der Waals surface area contributed by atoms with Gasteiger partial charge in [0.1, 0.15) is 5.75 Å². The monoisotopic (exact) mass is 677 g/mol. The first-order valence-electron chi connectivity index (χ1n) is 17.9. The molecule has 7 rings (SSSR count). The van der Waals surface area contributed by atoms with Crippen molar-refractivity contribution in [2.45, 2.75) is 82.5 Å². The Labute approximate surface area is 293 Å². The summed E-state index contributed by atoms with van der Waals surface area (Å²) in [5.41, 5.74) is 11.6. The maximum absolute atomic E-state index is 11.9. The second-order valence-corrected chi connectivity index (χ2v) is 13.9. The van der Waals surface area contributed by atoms with Crippen LogP contribution in [0.25, 0.3) is 22.4 Å². The highest BCUT2D eigenvalue weighted by atomic mass is 16.3. The average Bonchev–Trinajstić information content (AvgIpc) is 3.64. The smallest absolute Gasteiger partial charge is 0.226 e. The first-order valence-corrected chi connectivity index (χ1v) is 17.9. The Morgan fingerprint density at radius 1 is 0.920 bits per heavy atom. The Kier molecular flexibility index (Phi) is 9.97. The lowest BCUT2D eigenvalue weighted by Crippen LogP contribution is -2.51. The minimum atomic E-state index is -0.222. The van der Waals surface area contributed by atoms with Crippen LogP contribution in [0.1, 0.15) is 64.3 Å². The number of benzene rings is 2. The number of phenols is 1. The number of carbonyl (C=O) groups is 2. The normalized spacial score (nSPS) is 20.7. The van der Waals surface area contributed by atoms with Crippen molar-refractivity contribution in [2.75, 3.05) is 41.7 Å². The Balaban J connectivity index is 0.928. The Morgan fingerprint density at radius 3 is 2.40 bits per heavy atom. The van der Waals surface area contributed by atoms with Crippen LogP contribution >= 0.6 is 0 Å². The fraction of sp³-hybridized carbons (Fsp3) is 0.447. The number of piperidine rings is 1. The standard InChI is InChI=1S/C38H47N9O3/c1-26(10-15-37(50)40-25-48)45-20-21-46(35-8-4-3-7-34(35)45)29-13-11-28(12-14-29)44-18-16-30(17-19-44)47-24-27(23-41-47)32-22-33(42-43-38(32)39)31-6-2-5-9-36(31)49/h2-9,22-26,28-30,49H,10-21H2,1H3,(H2,39,43)(H,40,48,50). The van der Waals surface area contributed by atoms with Gasteiger partial charge in [0, 0.05) is 73.6 Å². The van der Waals surface area contributed by atoms with Crippen LogP contribution in [0.4, 0.5) is 17.2 Å². The van der Waals surface area contributed by atoms with Gasteiger partial charge in [-0.1, -0.05) is 24.3 Å². The van der Waals surface area contributed by atoms with Crippen molar-refractivity contribution in [1.82, 2.24) is 30.2 Å². The van der Waals surface area contributed by atoms with Crippen LogP contribution in [0.3, 0.4) is 0 Å². The first kappa shape index (κ1) is 33.5. The maximum atomic E-state index is 11.9. The van der Waals surface area contributed by atoms with Crippen LogP contribution in [-0.2, 0) is 9.59 Å². The van der Waals surface area contributed by atoms with Crippen molar-refractivity contribution in [3.05, 3.63) is 67.0 Å². The molecule has 50 heavy (non-hydrogen) atoms. The molecule has 0 bridgehead atoms. The van der Waals surface area contributed by atoms with Crippen LogP contribution in [0.5, 0.6) is 5.75 Å². The zero-order chi connectivity index (χ0) is 34.6. The molecule has 4 heterocycles. The quantitative estimate of drug-likeness (QED) is 0.196. The summed E-state index contributed by atoms with van der Waals surface area (Å²) >= 11 is 0. The molecule has 12 heteroatoms. The highest BCUT2D eigenvalue weighted by Crippen LogP contribution is 2.40. The van der Waals surface area contributed by atoms with E-state index in [0.717, 1.165) is 50.1 Å². The molecule has 2 amide bonds. The van der Waals surface area contributed by atoms with E-state index < -0.39 is 0 Å². The summed E-state index contributed by atoms with van der Waals surface area (Å²) in [7, 11) is 0. The number of para-hydroxylation sites is 3. The molecule has 2 aliphatic heterocycles. The number of hydrogen-bond acceptors (Lipinski definition) is 10. The van der Waals surface area contributed by atoms with E-state index in [9.17, 15) is 14.7 Å². The highest BCUT2D eigenvalue weighted by molar-refractivity contribution is 5.85. The fourth-order valence-corrected chi connectivity index (χ4v) is 8.26. The minimum Gasteiger partial charge on any atom is -0.507 e. The van der Waals surface area contributed by atoms with Crippen LogP contribution in [0.2, 0.25) is 0 Å². The van der Waals surface area contributed by atoms with E-state index in [1.54, 1.807) is 12.1 Å². The van der Waals surface area contributed by atoms with Crippen molar-refractivity contribution in [3.63, 3.8) is 0 Å². The van der Waals surface area contributed by atoms with E-state index in [1.807, 2.05) is 24.4 Å². The van der Waals surface area contributed by atoms with E-state index in [-0.39, 0.29) is 17.7 Å². The third-order valence-corrected chi connectivity index (χ3v) is 11.0. The number of imide groups is 1. The molecule has 1 saturated heterocycles. The van der Waals surface area contributed by atoms with Crippen LogP contribution in [0, 0.1) is 0 Å². The number of amides is 2. The SMILES string of the molecule is CC(CCC(=O)NC=O)N1CCN(C2CCC(N3CCC(n4cc(-c5cc(-c6ccccc6O)nnc5N)cn4)CC3)CC2)c2ccccc21. The summed E-state index contributed by atoms with van der Waals surface area (Å²) in [6.07, 6.45) is 12.3. The molecule has 4 aromatic rings. The van der Waals surface area contributed by atoms with Gasteiger partial charge < -0.3 is 25.5 Å². The zero-order valence-electron chi connectivity index (χ0n) is 28.7. The van der Waals surface area contributed by atoms with Crippen molar-refractivity contribution in [2.24, 2.45) is 0 Å². The second kappa shape index (κ2) is 14.9. The molecular weight excluding hydrogens is 630 g/mol. The summed E-state index contributed by atoms with van der Waals surface area (Å²) in [5.74, 6) is 0.271. The Bertz CT molecular complexity index is 1800. The number of phenolic OH excluding ortho intramolecular Hbond substituents is 1. The number of rotatable bonds is 10. The second-order valence-electron chi connectivity index (χ2n) is 13.9. The summed E-state index contributed by atoms with van der Waals surface area (Å²) < 4.78 is 2.08. The first-order chi connectivity index (χ1) is 24.4. The van der Waals surface area contributed by atoms with Crippen LogP contribution < -0.4 is 20.9 Å². The van der Waals surface area contributed by atoms with Crippen molar-refractivity contribution in [3.8, 4) is 28.1 Å². The lowest BCUT2D eigenvalue weighted by molar-refractivity contribution is -0.125. The number of likely N-dealkylation sites (tertiary alicyclic amines) is 1. The molecule has 1 unspecified atom stereocenters. The molecule has 1 atom stereocenters. The molecule has 0 radical (unpaired) electrons. The van der Waals surface area contributed by atoms with Gasteiger partial charge in [-0.15, -0.1) is 10.2 Å². The molecule has 2 fully saturated rings. The van der Waals surface area contributed by atoms with Gasteiger partial charge in [-0.2, -0.15) is 5.10 Å². The lowest BCUT2D eigenvalue weighted by atomic mass is 9.87. The third-order valence-electron chi connectivity index (χ3n) is 11.0. The van der Waals surface area contributed by atoms with E-state index in [4.69, 9.17) is 10.8 Å².